The molecule has 1 saturated heterocycles. The van der Waals surface area contributed by atoms with Crippen LogP contribution in [0.5, 0.6) is 5.75 Å². The molecule has 7 heteroatoms. The van der Waals surface area contributed by atoms with Crippen molar-refractivity contribution in [3.05, 3.63) is 29.3 Å². The number of nitrogens with one attached hydrogen (secondary N) is 1. The Labute approximate surface area is 127 Å². The average Bonchev–Trinajstić information content (AvgIpc) is 2.63. The van der Waals surface area contributed by atoms with E-state index in [1.807, 2.05) is 6.92 Å². The highest BCUT2D eigenvalue weighted by molar-refractivity contribution is 5.93. The summed E-state index contributed by atoms with van der Waals surface area (Å²) < 4.78 is 10.8. The molecule has 22 heavy (non-hydrogen) atoms. The second-order valence-electron chi connectivity index (χ2n) is 5.62. The first-order valence-electron chi connectivity index (χ1n) is 7.18. The maximum absolute atomic E-state index is 12.5. The molecule has 2 aliphatic heterocycles. The van der Waals surface area contributed by atoms with Gasteiger partial charge in [0.15, 0.2) is 0 Å². The van der Waals surface area contributed by atoms with Crippen molar-refractivity contribution in [1.82, 2.24) is 10.4 Å². The maximum atomic E-state index is 12.5. The van der Waals surface area contributed by atoms with Gasteiger partial charge >= 0.3 is 0 Å². The number of nitrogens with zero attached hydrogens (tertiary/aromatic N) is 1. The topological polar surface area (TPSA) is 88.1 Å². The number of hydroxylamine groups is 1. The van der Waals surface area contributed by atoms with Crippen LogP contribution in [0.25, 0.3) is 0 Å². The Bertz CT molecular complexity index is 600. The van der Waals surface area contributed by atoms with Gasteiger partial charge in [-0.3, -0.25) is 14.8 Å². The molecule has 1 fully saturated rings. The van der Waals surface area contributed by atoms with E-state index in [0.29, 0.717) is 37.7 Å². The fourth-order valence-electron chi connectivity index (χ4n) is 2.57. The number of carbonyl (C=O) groups is 2. The van der Waals surface area contributed by atoms with E-state index in [-0.39, 0.29) is 17.9 Å². The van der Waals surface area contributed by atoms with Crippen LogP contribution in [-0.4, -0.2) is 47.8 Å². The zero-order chi connectivity index (χ0) is 15.7. The van der Waals surface area contributed by atoms with Crippen molar-refractivity contribution in [2.24, 2.45) is 5.92 Å². The number of ether oxygens (including phenoxy) is 2. The highest BCUT2D eigenvalue weighted by Crippen LogP contribution is 2.28. The van der Waals surface area contributed by atoms with E-state index < -0.39 is 5.91 Å². The number of carbonyl (C=O) groups excluding carboxylic acids is 2. The molecule has 1 atom stereocenters. The Hall–Kier alpha value is -2.12. The van der Waals surface area contributed by atoms with Crippen LogP contribution in [0.1, 0.15) is 22.8 Å². The largest absolute Gasteiger partial charge is 0.491 e. The first-order valence-corrected chi connectivity index (χ1v) is 7.18. The van der Waals surface area contributed by atoms with E-state index >= 15 is 0 Å². The zero-order valence-corrected chi connectivity index (χ0v) is 12.2. The molecule has 0 radical (unpaired) electrons. The number of fused-ring (bicyclic) bond motifs is 1. The third-order valence-electron chi connectivity index (χ3n) is 4.05. The van der Waals surface area contributed by atoms with Crippen molar-refractivity contribution in [3.63, 3.8) is 0 Å². The molecule has 0 unspecified atom stereocenters. The van der Waals surface area contributed by atoms with Gasteiger partial charge in [-0.25, -0.2) is 5.48 Å². The van der Waals surface area contributed by atoms with E-state index in [4.69, 9.17) is 14.7 Å². The summed E-state index contributed by atoms with van der Waals surface area (Å²) in [6, 6.07) is 4.86. The van der Waals surface area contributed by atoms with Gasteiger partial charge in [0.2, 0.25) is 5.91 Å². The molecule has 0 aliphatic carbocycles. The van der Waals surface area contributed by atoms with Crippen LogP contribution >= 0.6 is 0 Å². The number of benzene rings is 1. The predicted molar refractivity (Wildman–Crippen MR) is 75.5 cm³/mol. The summed E-state index contributed by atoms with van der Waals surface area (Å²) in [6.07, 6.45) is 0. The van der Waals surface area contributed by atoms with E-state index in [0.717, 1.165) is 5.56 Å². The second kappa shape index (κ2) is 5.94. The van der Waals surface area contributed by atoms with Gasteiger partial charge < -0.3 is 14.4 Å². The maximum Gasteiger partial charge on any atom is 0.274 e. The van der Waals surface area contributed by atoms with Crippen LogP contribution in [0.3, 0.4) is 0 Å². The first kappa shape index (κ1) is 14.8. The summed E-state index contributed by atoms with van der Waals surface area (Å²) in [7, 11) is 0. The fourth-order valence-corrected chi connectivity index (χ4v) is 2.57. The van der Waals surface area contributed by atoms with Gasteiger partial charge in [-0.1, -0.05) is 6.07 Å². The quantitative estimate of drug-likeness (QED) is 0.616. The predicted octanol–water partition coefficient (Wildman–Crippen LogP) is 0.561. The van der Waals surface area contributed by atoms with Crippen molar-refractivity contribution in [3.8, 4) is 5.75 Å². The molecule has 0 saturated carbocycles. The molecule has 2 amide bonds. The van der Waals surface area contributed by atoms with Crippen molar-refractivity contribution in [2.45, 2.75) is 19.5 Å². The molecule has 2 N–H and O–H groups in total. The average molecular weight is 306 g/mol. The highest BCUT2D eigenvalue weighted by atomic mass is 16.5. The van der Waals surface area contributed by atoms with Gasteiger partial charge in [0, 0.05) is 17.7 Å². The lowest BCUT2D eigenvalue weighted by Crippen LogP contribution is -2.48. The van der Waals surface area contributed by atoms with Crippen molar-refractivity contribution in [2.75, 3.05) is 19.8 Å². The highest BCUT2D eigenvalue weighted by Gasteiger charge is 2.34. The van der Waals surface area contributed by atoms with Gasteiger partial charge in [0.25, 0.3) is 5.91 Å². The Morgan fingerprint density at radius 1 is 1.32 bits per heavy atom. The van der Waals surface area contributed by atoms with Crippen LogP contribution < -0.4 is 10.2 Å². The van der Waals surface area contributed by atoms with Gasteiger partial charge in [-0.2, -0.15) is 0 Å². The normalized spacial score (nSPS) is 21.2. The van der Waals surface area contributed by atoms with Crippen molar-refractivity contribution in [1.29, 1.82) is 0 Å². The summed E-state index contributed by atoms with van der Waals surface area (Å²) in [5.74, 6) is -0.0211. The van der Waals surface area contributed by atoms with Crippen LogP contribution in [0.15, 0.2) is 18.2 Å². The molecule has 0 spiro atoms. The third-order valence-corrected chi connectivity index (χ3v) is 4.05. The molecular formula is C15H18N2O5. The SMILES string of the molecule is C[C@H]1COc2cc(C(=O)NO)ccc2CN1C(=O)C1COC1. The summed E-state index contributed by atoms with van der Waals surface area (Å²) in [6.45, 7) is 3.69. The van der Waals surface area contributed by atoms with E-state index in [1.165, 1.54) is 0 Å². The lowest BCUT2D eigenvalue weighted by molar-refractivity contribution is -0.153. The Kier molecular flexibility index (Phi) is 4.00. The number of hydrogen-bond acceptors (Lipinski definition) is 5. The lowest BCUT2D eigenvalue weighted by atomic mass is 10.0. The van der Waals surface area contributed by atoms with Gasteiger partial charge in [-0.15, -0.1) is 0 Å². The standard InChI is InChI=1S/C15H18N2O5/c1-9-6-22-13-4-10(14(18)16-20)2-3-11(13)5-17(9)15(19)12-7-21-8-12/h2-4,9,12,20H,5-8H2,1H3,(H,16,18)/t9-/m0/s1. The molecule has 0 aromatic heterocycles. The summed E-state index contributed by atoms with van der Waals surface area (Å²) in [4.78, 5) is 25.7. The molecule has 7 nitrogen and oxygen atoms in total. The number of amides is 2. The smallest absolute Gasteiger partial charge is 0.274 e. The zero-order valence-electron chi connectivity index (χ0n) is 12.2. The monoisotopic (exact) mass is 306 g/mol. The van der Waals surface area contributed by atoms with Crippen LogP contribution in [0, 0.1) is 5.92 Å². The number of hydrogen-bond donors (Lipinski definition) is 2. The van der Waals surface area contributed by atoms with E-state index in [2.05, 4.69) is 0 Å². The molecule has 0 bridgehead atoms. The molecule has 1 aromatic rings. The number of rotatable bonds is 2. The minimum absolute atomic E-state index is 0.0596. The molecule has 1 aromatic carbocycles. The fraction of sp³-hybridized carbons (Fsp3) is 0.467. The van der Waals surface area contributed by atoms with Gasteiger partial charge in [0.05, 0.1) is 25.2 Å². The van der Waals surface area contributed by atoms with Gasteiger partial charge in [-0.05, 0) is 19.1 Å². The van der Waals surface area contributed by atoms with Crippen molar-refractivity contribution >= 4 is 11.8 Å². The molecular weight excluding hydrogens is 288 g/mol. The van der Waals surface area contributed by atoms with Crippen molar-refractivity contribution < 1.29 is 24.3 Å². The third kappa shape index (κ3) is 2.65. The summed E-state index contributed by atoms with van der Waals surface area (Å²) >= 11 is 0. The van der Waals surface area contributed by atoms with Crippen LogP contribution in [0.4, 0.5) is 0 Å². The Balaban J connectivity index is 1.84. The van der Waals surface area contributed by atoms with Crippen LogP contribution in [0.2, 0.25) is 0 Å². The van der Waals surface area contributed by atoms with Crippen LogP contribution in [-0.2, 0) is 16.1 Å². The Morgan fingerprint density at radius 2 is 2.09 bits per heavy atom. The molecule has 2 aliphatic rings. The molecule has 118 valence electrons. The van der Waals surface area contributed by atoms with E-state index in [1.54, 1.807) is 28.6 Å². The summed E-state index contributed by atoms with van der Waals surface area (Å²) in [5.41, 5.74) is 2.74. The second-order valence-corrected chi connectivity index (χ2v) is 5.62. The minimum Gasteiger partial charge on any atom is -0.491 e. The first-order chi connectivity index (χ1) is 10.6. The summed E-state index contributed by atoms with van der Waals surface area (Å²) in [5, 5.41) is 8.69. The lowest BCUT2D eigenvalue weighted by Gasteiger charge is -2.33. The van der Waals surface area contributed by atoms with Gasteiger partial charge in [0.1, 0.15) is 12.4 Å². The Morgan fingerprint density at radius 3 is 2.73 bits per heavy atom. The minimum atomic E-state index is -0.594. The molecule has 3 rings (SSSR count). The van der Waals surface area contributed by atoms with E-state index in [9.17, 15) is 9.59 Å². The molecule has 2 heterocycles.